The molecule has 3 amide bonds. The van der Waals surface area contributed by atoms with Gasteiger partial charge in [0.05, 0.1) is 16.5 Å². The van der Waals surface area contributed by atoms with Crippen LogP contribution in [0.5, 0.6) is 5.75 Å². The Morgan fingerprint density at radius 2 is 2.03 bits per heavy atom. The summed E-state index contributed by atoms with van der Waals surface area (Å²) in [5.41, 5.74) is 1.09. The van der Waals surface area contributed by atoms with Gasteiger partial charge in [0.15, 0.2) is 0 Å². The second kappa shape index (κ2) is 9.34. The molecule has 29 heavy (non-hydrogen) atoms. The molecule has 10 heteroatoms. The predicted molar refractivity (Wildman–Crippen MR) is 121 cm³/mol. The maximum Gasteiger partial charge on any atom is 0.294 e. The lowest BCUT2D eigenvalue weighted by Crippen LogP contribution is -2.36. The Morgan fingerprint density at radius 3 is 2.72 bits per heavy atom. The summed E-state index contributed by atoms with van der Waals surface area (Å²) in [6, 6.07) is 10.2. The summed E-state index contributed by atoms with van der Waals surface area (Å²) in [7, 11) is 1.51. The number of methoxy groups -OCH3 is 1. The molecule has 150 valence electrons. The van der Waals surface area contributed by atoms with E-state index in [0.717, 1.165) is 21.1 Å². The number of rotatable bonds is 5. The molecule has 3 rings (SSSR count). The number of anilines is 1. The van der Waals surface area contributed by atoms with E-state index in [9.17, 15) is 14.4 Å². The van der Waals surface area contributed by atoms with Gasteiger partial charge in [-0.05, 0) is 64.1 Å². The van der Waals surface area contributed by atoms with Crippen LogP contribution in [0.3, 0.4) is 0 Å². The minimum absolute atomic E-state index is 0.203. The first-order valence-electron chi connectivity index (χ1n) is 8.12. The van der Waals surface area contributed by atoms with Crippen molar-refractivity contribution in [3.63, 3.8) is 0 Å². The first-order valence-corrected chi connectivity index (χ1v) is 10.9. The van der Waals surface area contributed by atoms with Gasteiger partial charge in [0, 0.05) is 20.7 Å². The average Bonchev–Trinajstić information content (AvgIpc) is 2.89. The third-order valence-electron chi connectivity index (χ3n) is 3.81. The van der Waals surface area contributed by atoms with E-state index in [1.807, 2.05) is 6.07 Å². The van der Waals surface area contributed by atoms with Crippen molar-refractivity contribution in [3.05, 3.63) is 60.8 Å². The van der Waals surface area contributed by atoms with Gasteiger partial charge in [0.25, 0.3) is 11.1 Å². The summed E-state index contributed by atoms with van der Waals surface area (Å²) in [5, 5.41) is 2.56. The minimum Gasteiger partial charge on any atom is -0.495 e. The molecule has 1 aliphatic rings. The number of ether oxygens (including phenoxy) is 1. The highest BCUT2D eigenvalue weighted by atomic mass is 79.9. The van der Waals surface area contributed by atoms with E-state index < -0.39 is 23.6 Å². The van der Waals surface area contributed by atoms with Crippen LogP contribution in [0.1, 0.15) is 5.56 Å². The van der Waals surface area contributed by atoms with E-state index in [1.165, 1.54) is 7.11 Å². The van der Waals surface area contributed by atoms with Gasteiger partial charge in [0.1, 0.15) is 12.3 Å². The molecule has 0 spiro atoms. The minimum atomic E-state index is -0.542. The fourth-order valence-electron chi connectivity index (χ4n) is 2.59. The van der Waals surface area contributed by atoms with Crippen LogP contribution in [0.4, 0.5) is 10.5 Å². The fraction of sp³-hybridized carbons (Fsp3) is 0.105. The number of benzene rings is 2. The maximum atomic E-state index is 12.7. The Hall–Kier alpha value is -1.81. The molecule has 2 aromatic carbocycles. The van der Waals surface area contributed by atoms with Crippen LogP contribution in [0.25, 0.3) is 6.08 Å². The number of carbonyl (C=O) groups excluding carboxylic acids is 3. The lowest BCUT2D eigenvalue weighted by Gasteiger charge is -2.12. The zero-order valence-corrected chi connectivity index (χ0v) is 19.6. The number of thioether (sulfide) groups is 1. The van der Waals surface area contributed by atoms with Crippen LogP contribution in [0.15, 0.2) is 50.2 Å². The maximum absolute atomic E-state index is 12.7. The van der Waals surface area contributed by atoms with Crippen molar-refractivity contribution >= 4 is 84.0 Å². The quantitative estimate of drug-likeness (QED) is 0.486. The summed E-state index contributed by atoms with van der Waals surface area (Å²) in [4.78, 5) is 38.3. The van der Waals surface area contributed by atoms with Crippen LogP contribution < -0.4 is 10.1 Å². The van der Waals surface area contributed by atoms with E-state index in [4.69, 9.17) is 16.3 Å². The molecule has 0 atom stereocenters. The molecule has 2 aromatic rings. The molecular formula is C19H13Br2ClN2O4S. The van der Waals surface area contributed by atoms with Crippen molar-refractivity contribution < 1.29 is 19.1 Å². The van der Waals surface area contributed by atoms with E-state index in [-0.39, 0.29) is 4.91 Å². The second-order valence-corrected chi connectivity index (χ2v) is 9.04. The molecule has 0 aromatic heterocycles. The standard InChI is InChI=1S/C19H13Br2ClN2O4S/c1-28-17-10(5-11(20)7-14(17)21)6-15-18(26)24(19(27)29-15)9-16(25)23-13-4-2-3-12(22)8-13/h2-8H,9H2,1H3,(H,23,25)/b15-6+. The number of carbonyl (C=O) groups is 3. The lowest BCUT2D eigenvalue weighted by atomic mass is 10.2. The monoisotopic (exact) mass is 558 g/mol. The Kier molecular flexibility index (Phi) is 7.05. The van der Waals surface area contributed by atoms with Gasteiger partial charge in [-0.2, -0.15) is 0 Å². The van der Waals surface area contributed by atoms with Gasteiger partial charge in [-0.25, -0.2) is 0 Å². The first-order chi connectivity index (χ1) is 13.8. The van der Waals surface area contributed by atoms with E-state index >= 15 is 0 Å². The largest absolute Gasteiger partial charge is 0.495 e. The van der Waals surface area contributed by atoms with Gasteiger partial charge in [0.2, 0.25) is 5.91 Å². The molecule has 0 aliphatic carbocycles. The zero-order valence-electron chi connectivity index (χ0n) is 14.9. The van der Waals surface area contributed by atoms with Crippen molar-refractivity contribution in [3.8, 4) is 5.75 Å². The molecule has 1 aliphatic heterocycles. The van der Waals surface area contributed by atoms with E-state index in [0.29, 0.717) is 26.5 Å². The smallest absolute Gasteiger partial charge is 0.294 e. The Morgan fingerprint density at radius 1 is 1.28 bits per heavy atom. The summed E-state index contributed by atoms with van der Waals surface area (Å²) in [6.45, 7) is -0.395. The van der Waals surface area contributed by atoms with Crippen molar-refractivity contribution in [1.29, 1.82) is 0 Å². The highest BCUT2D eigenvalue weighted by Crippen LogP contribution is 2.38. The van der Waals surface area contributed by atoms with Crippen LogP contribution in [0.2, 0.25) is 5.02 Å². The highest BCUT2D eigenvalue weighted by Gasteiger charge is 2.36. The van der Waals surface area contributed by atoms with Gasteiger partial charge in [-0.1, -0.05) is 33.6 Å². The third kappa shape index (κ3) is 5.22. The fourth-order valence-corrected chi connectivity index (χ4v) is 5.03. The van der Waals surface area contributed by atoms with Gasteiger partial charge >= 0.3 is 0 Å². The van der Waals surface area contributed by atoms with Crippen molar-refractivity contribution in [2.45, 2.75) is 0 Å². The summed E-state index contributed by atoms with van der Waals surface area (Å²) >= 11 is 13.4. The molecule has 0 unspecified atom stereocenters. The van der Waals surface area contributed by atoms with Crippen molar-refractivity contribution in [1.82, 2.24) is 4.90 Å². The van der Waals surface area contributed by atoms with Gasteiger partial charge in [-0.3, -0.25) is 19.3 Å². The number of imide groups is 1. The van der Waals surface area contributed by atoms with Crippen LogP contribution in [-0.2, 0) is 9.59 Å². The van der Waals surface area contributed by atoms with Crippen LogP contribution in [0, 0.1) is 0 Å². The molecular weight excluding hydrogens is 548 g/mol. The Labute approximate surface area is 192 Å². The van der Waals surface area contributed by atoms with Gasteiger partial charge in [-0.15, -0.1) is 0 Å². The summed E-state index contributed by atoms with van der Waals surface area (Å²) < 4.78 is 6.83. The van der Waals surface area contributed by atoms with Crippen LogP contribution >= 0.6 is 55.2 Å². The SMILES string of the molecule is COc1c(Br)cc(Br)cc1/C=C1/SC(=O)N(CC(=O)Nc2cccc(Cl)c2)C1=O. The van der Waals surface area contributed by atoms with Crippen molar-refractivity contribution in [2.24, 2.45) is 0 Å². The number of hydrogen-bond donors (Lipinski definition) is 1. The average molecular weight is 561 g/mol. The number of hydrogen-bond acceptors (Lipinski definition) is 5. The van der Waals surface area contributed by atoms with Gasteiger partial charge < -0.3 is 10.1 Å². The molecule has 0 saturated carbocycles. The number of nitrogens with zero attached hydrogens (tertiary/aromatic N) is 1. The van der Waals surface area contributed by atoms with E-state index in [1.54, 1.807) is 36.4 Å². The molecule has 0 radical (unpaired) electrons. The van der Waals surface area contributed by atoms with Crippen molar-refractivity contribution in [2.75, 3.05) is 19.0 Å². The highest BCUT2D eigenvalue weighted by molar-refractivity contribution is 9.11. The predicted octanol–water partition coefficient (Wildman–Crippen LogP) is 5.55. The number of amides is 3. The Balaban J connectivity index is 1.78. The molecule has 1 N–H and O–H groups in total. The Bertz CT molecular complexity index is 1040. The molecule has 1 fully saturated rings. The molecule has 1 saturated heterocycles. The summed E-state index contributed by atoms with van der Waals surface area (Å²) in [5.74, 6) is -0.517. The van der Waals surface area contributed by atoms with E-state index in [2.05, 4.69) is 37.2 Å². The number of halogens is 3. The lowest BCUT2D eigenvalue weighted by molar-refractivity contribution is -0.127. The zero-order chi connectivity index (χ0) is 21.1. The molecule has 6 nitrogen and oxygen atoms in total. The number of nitrogens with one attached hydrogen (secondary N) is 1. The summed E-state index contributed by atoms with van der Waals surface area (Å²) in [6.07, 6.45) is 1.56. The third-order valence-corrected chi connectivity index (χ3v) is 6.00. The first kappa shape index (κ1) is 21.9. The second-order valence-electron chi connectivity index (χ2n) is 5.84. The normalized spacial score (nSPS) is 15.2. The van der Waals surface area contributed by atoms with Crippen LogP contribution in [-0.4, -0.2) is 35.6 Å². The molecule has 1 heterocycles. The topological polar surface area (TPSA) is 75.7 Å². The molecule has 0 bridgehead atoms.